The third-order valence-corrected chi connectivity index (χ3v) is 4.64. The molecule has 1 N–H and O–H groups in total. The highest BCUT2D eigenvalue weighted by Gasteiger charge is 2.18. The van der Waals surface area contributed by atoms with E-state index in [2.05, 4.69) is 15.5 Å². The van der Waals surface area contributed by atoms with E-state index in [-0.39, 0.29) is 11.8 Å². The maximum absolute atomic E-state index is 12.5. The van der Waals surface area contributed by atoms with Gasteiger partial charge in [0.2, 0.25) is 5.89 Å². The number of methoxy groups -OCH3 is 1. The number of nitrogens with one attached hydrogen (secondary N) is 1. The van der Waals surface area contributed by atoms with Gasteiger partial charge in [0, 0.05) is 15.8 Å². The maximum atomic E-state index is 12.5. The third-order valence-electron chi connectivity index (χ3n) is 3.91. The Balaban J connectivity index is 1.56. The van der Waals surface area contributed by atoms with Crippen LogP contribution in [0.25, 0.3) is 22.4 Å². The first-order valence-corrected chi connectivity index (χ1v) is 9.26. The lowest BCUT2D eigenvalue weighted by Crippen LogP contribution is -2.10. The zero-order valence-electron chi connectivity index (χ0n) is 14.6. The molecule has 4 rings (SSSR count). The summed E-state index contributed by atoms with van der Waals surface area (Å²) in [4.78, 5) is 13.5. The predicted octanol–water partition coefficient (Wildman–Crippen LogP) is 4.47. The summed E-state index contributed by atoms with van der Waals surface area (Å²) in [5.41, 5.74) is 1.29. The highest BCUT2D eigenvalue weighted by atomic mass is 32.2. The van der Waals surface area contributed by atoms with Crippen molar-refractivity contribution in [3.8, 4) is 17.2 Å². The molecule has 0 spiro atoms. The number of ether oxygens (including phenoxy) is 1. The number of hydrogen-bond acceptors (Lipinski definition) is 7. The minimum Gasteiger partial charge on any atom is -0.493 e. The minimum absolute atomic E-state index is 0.00280. The topological polar surface area (TPSA) is 90.4 Å². The molecule has 2 heterocycles. The monoisotopic (exact) mass is 381 g/mol. The molecule has 2 aromatic heterocycles. The molecule has 4 aromatic rings. The van der Waals surface area contributed by atoms with Gasteiger partial charge in [-0.2, -0.15) is 0 Å². The molecule has 0 saturated carbocycles. The van der Waals surface area contributed by atoms with Crippen LogP contribution in [0.3, 0.4) is 0 Å². The molecule has 0 aliphatic heterocycles. The first-order valence-electron chi connectivity index (χ1n) is 8.04. The van der Waals surface area contributed by atoms with Gasteiger partial charge >= 0.3 is 6.01 Å². The number of para-hydroxylation sites is 1. The number of hydrogen-bond donors (Lipinski definition) is 1. The Hall–Kier alpha value is -3.26. The Morgan fingerprint density at radius 1 is 1.11 bits per heavy atom. The number of amides is 1. The maximum Gasteiger partial charge on any atom is 0.322 e. The number of benzene rings is 2. The van der Waals surface area contributed by atoms with Gasteiger partial charge in [-0.05, 0) is 36.6 Å². The van der Waals surface area contributed by atoms with Crippen LogP contribution >= 0.6 is 11.8 Å². The lowest BCUT2D eigenvalue weighted by atomic mass is 10.2. The van der Waals surface area contributed by atoms with Crippen molar-refractivity contribution in [3.63, 3.8) is 0 Å². The van der Waals surface area contributed by atoms with Crippen LogP contribution in [-0.4, -0.2) is 29.5 Å². The summed E-state index contributed by atoms with van der Waals surface area (Å²) >= 11 is 1.62. The molecule has 7 nitrogen and oxygen atoms in total. The van der Waals surface area contributed by atoms with E-state index in [4.69, 9.17) is 13.6 Å². The van der Waals surface area contributed by atoms with Crippen LogP contribution in [0, 0.1) is 0 Å². The average Bonchev–Trinajstić information content (AvgIpc) is 3.34. The molecule has 2 aromatic carbocycles. The van der Waals surface area contributed by atoms with E-state index in [1.807, 2.05) is 42.7 Å². The fourth-order valence-electron chi connectivity index (χ4n) is 2.61. The molecule has 0 saturated heterocycles. The molecule has 0 fully saturated rings. The normalized spacial score (nSPS) is 10.9. The summed E-state index contributed by atoms with van der Waals surface area (Å²) in [5.74, 6) is 0.521. The quantitative estimate of drug-likeness (QED) is 0.510. The summed E-state index contributed by atoms with van der Waals surface area (Å²) in [7, 11) is 1.54. The van der Waals surface area contributed by atoms with E-state index in [1.54, 1.807) is 31.0 Å². The summed E-state index contributed by atoms with van der Waals surface area (Å²) in [6, 6.07) is 14.8. The van der Waals surface area contributed by atoms with Crippen molar-refractivity contribution in [1.82, 2.24) is 10.2 Å². The van der Waals surface area contributed by atoms with Gasteiger partial charge in [-0.15, -0.1) is 16.9 Å². The van der Waals surface area contributed by atoms with Gasteiger partial charge < -0.3 is 13.6 Å². The lowest BCUT2D eigenvalue weighted by molar-refractivity contribution is 0.0995. The number of furan rings is 1. The molecule has 8 heteroatoms. The van der Waals surface area contributed by atoms with E-state index in [0.29, 0.717) is 17.2 Å². The predicted molar refractivity (Wildman–Crippen MR) is 102 cm³/mol. The molecule has 1 amide bonds. The zero-order valence-corrected chi connectivity index (χ0v) is 15.4. The SMILES string of the molecule is COc1cccc2cc(C(=O)Nc3nnc(-c4cccc(SC)c4)o3)oc12. The highest BCUT2D eigenvalue weighted by molar-refractivity contribution is 7.98. The van der Waals surface area contributed by atoms with Crippen LogP contribution in [0.15, 0.2) is 62.3 Å². The van der Waals surface area contributed by atoms with E-state index >= 15 is 0 Å². The Kier molecular flexibility index (Phi) is 4.55. The first kappa shape index (κ1) is 17.2. The van der Waals surface area contributed by atoms with Crippen molar-refractivity contribution in [3.05, 3.63) is 54.3 Å². The molecule has 0 atom stereocenters. The van der Waals surface area contributed by atoms with Crippen molar-refractivity contribution < 1.29 is 18.4 Å². The molecule has 136 valence electrons. The summed E-state index contributed by atoms with van der Waals surface area (Å²) in [6.07, 6.45) is 1.99. The minimum atomic E-state index is -0.485. The number of carbonyl (C=O) groups excluding carboxylic acids is 1. The number of aromatic nitrogens is 2. The van der Waals surface area contributed by atoms with Gasteiger partial charge in [-0.25, -0.2) is 0 Å². The van der Waals surface area contributed by atoms with Crippen molar-refractivity contribution in [2.24, 2.45) is 0 Å². The Morgan fingerprint density at radius 3 is 2.78 bits per heavy atom. The second-order valence-electron chi connectivity index (χ2n) is 5.59. The Morgan fingerprint density at radius 2 is 1.96 bits per heavy atom. The van der Waals surface area contributed by atoms with Gasteiger partial charge in [0.05, 0.1) is 7.11 Å². The van der Waals surface area contributed by atoms with Crippen molar-refractivity contribution >= 4 is 34.7 Å². The number of fused-ring (bicyclic) bond motifs is 1. The van der Waals surface area contributed by atoms with Crippen molar-refractivity contribution in [2.75, 3.05) is 18.7 Å². The summed E-state index contributed by atoms with van der Waals surface area (Å²) in [5, 5.41) is 11.2. The van der Waals surface area contributed by atoms with E-state index in [0.717, 1.165) is 15.8 Å². The molecule has 0 aliphatic rings. The molecule has 0 radical (unpaired) electrons. The van der Waals surface area contributed by atoms with E-state index in [9.17, 15) is 4.79 Å². The largest absolute Gasteiger partial charge is 0.493 e. The molecule has 0 unspecified atom stereocenters. The standard InChI is InChI=1S/C19H15N3O4S/c1-24-14-8-4-5-11-10-15(25-16(11)14)17(23)20-19-22-21-18(26-19)12-6-3-7-13(9-12)27-2/h3-10H,1-2H3,(H,20,22,23). The Bertz CT molecular complexity index is 1120. The second kappa shape index (κ2) is 7.16. The average molecular weight is 381 g/mol. The van der Waals surface area contributed by atoms with Gasteiger partial charge in [-0.1, -0.05) is 23.3 Å². The molecule has 27 heavy (non-hydrogen) atoms. The van der Waals surface area contributed by atoms with Crippen LogP contribution in [0.2, 0.25) is 0 Å². The number of thioether (sulfide) groups is 1. The van der Waals surface area contributed by atoms with Crippen LogP contribution < -0.4 is 10.1 Å². The second-order valence-corrected chi connectivity index (χ2v) is 6.47. The fourth-order valence-corrected chi connectivity index (χ4v) is 3.07. The van der Waals surface area contributed by atoms with Gasteiger partial charge in [0.15, 0.2) is 17.1 Å². The van der Waals surface area contributed by atoms with E-state index < -0.39 is 5.91 Å². The summed E-state index contributed by atoms with van der Waals surface area (Å²) in [6.45, 7) is 0. The smallest absolute Gasteiger partial charge is 0.322 e. The number of rotatable bonds is 5. The summed E-state index contributed by atoms with van der Waals surface area (Å²) < 4.78 is 16.4. The van der Waals surface area contributed by atoms with Crippen molar-refractivity contribution in [1.29, 1.82) is 0 Å². The zero-order chi connectivity index (χ0) is 18.8. The van der Waals surface area contributed by atoms with Gasteiger partial charge in [-0.3, -0.25) is 10.1 Å². The first-order chi connectivity index (χ1) is 13.2. The number of anilines is 1. The Labute approximate surface area is 158 Å². The van der Waals surface area contributed by atoms with Crippen LogP contribution in [0.5, 0.6) is 5.75 Å². The number of nitrogens with zero attached hydrogens (tertiary/aromatic N) is 2. The van der Waals surface area contributed by atoms with E-state index in [1.165, 1.54) is 0 Å². The van der Waals surface area contributed by atoms with Gasteiger partial charge in [0.1, 0.15) is 0 Å². The molecule has 0 bridgehead atoms. The van der Waals surface area contributed by atoms with Gasteiger partial charge in [0.25, 0.3) is 5.91 Å². The van der Waals surface area contributed by atoms with Crippen molar-refractivity contribution in [2.45, 2.75) is 4.90 Å². The third kappa shape index (κ3) is 3.39. The molecular formula is C19H15N3O4S. The van der Waals surface area contributed by atoms with Crippen LogP contribution in [0.1, 0.15) is 10.6 Å². The molecular weight excluding hydrogens is 366 g/mol. The fraction of sp³-hybridized carbons (Fsp3) is 0.105. The highest BCUT2D eigenvalue weighted by Crippen LogP contribution is 2.29. The van der Waals surface area contributed by atoms with Crippen LogP contribution in [0.4, 0.5) is 6.01 Å². The lowest BCUT2D eigenvalue weighted by Gasteiger charge is -1.99. The number of carbonyl (C=O) groups is 1. The molecule has 0 aliphatic carbocycles. The van der Waals surface area contributed by atoms with Crippen LogP contribution in [-0.2, 0) is 0 Å².